The Labute approximate surface area is 118 Å². The van der Waals surface area contributed by atoms with E-state index in [9.17, 15) is 4.79 Å². The Morgan fingerprint density at radius 3 is 2.35 bits per heavy atom. The fraction of sp³-hybridized carbons (Fsp3) is 0.467. The van der Waals surface area contributed by atoms with Crippen LogP contribution >= 0.6 is 0 Å². The molecule has 5 nitrogen and oxygen atoms in total. The lowest BCUT2D eigenvalue weighted by Gasteiger charge is -2.26. The summed E-state index contributed by atoms with van der Waals surface area (Å²) in [6.45, 7) is 3.90. The molecule has 0 heterocycles. The zero-order valence-corrected chi connectivity index (χ0v) is 11.9. The van der Waals surface area contributed by atoms with E-state index in [1.807, 2.05) is 32.0 Å². The van der Waals surface area contributed by atoms with E-state index in [-0.39, 0.29) is 11.7 Å². The first-order chi connectivity index (χ1) is 9.51. The standard InChI is InChI=1S/C15H21N3O2/c1-10-6-5-7-11(2)12(10)17-14(19)15(13(16)18-20)8-3-4-9-15/h5-7,20H,3-4,8-9H2,1-2H3,(H2,16,18)(H,17,19). The Hall–Kier alpha value is -2.04. The Morgan fingerprint density at radius 2 is 1.85 bits per heavy atom. The van der Waals surface area contributed by atoms with Crippen molar-refractivity contribution in [1.29, 1.82) is 0 Å². The minimum atomic E-state index is -0.872. The second kappa shape index (κ2) is 5.53. The zero-order valence-electron chi connectivity index (χ0n) is 11.9. The third-order valence-corrected chi connectivity index (χ3v) is 4.21. The van der Waals surface area contributed by atoms with Gasteiger partial charge in [0.25, 0.3) is 0 Å². The molecule has 1 fully saturated rings. The highest BCUT2D eigenvalue weighted by Crippen LogP contribution is 2.39. The van der Waals surface area contributed by atoms with Gasteiger partial charge < -0.3 is 16.3 Å². The summed E-state index contributed by atoms with van der Waals surface area (Å²) >= 11 is 0. The molecule has 20 heavy (non-hydrogen) atoms. The molecule has 1 amide bonds. The fourth-order valence-electron chi connectivity index (χ4n) is 2.92. The van der Waals surface area contributed by atoms with Gasteiger partial charge in [-0.25, -0.2) is 0 Å². The van der Waals surface area contributed by atoms with E-state index in [0.29, 0.717) is 12.8 Å². The van der Waals surface area contributed by atoms with E-state index in [0.717, 1.165) is 29.7 Å². The van der Waals surface area contributed by atoms with Crippen LogP contribution < -0.4 is 11.1 Å². The van der Waals surface area contributed by atoms with E-state index in [1.54, 1.807) is 0 Å². The number of anilines is 1. The van der Waals surface area contributed by atoms with Crippen LogP contribution in [0.25, 0.3) is 0 Å². The van der Waals surface area contributed by atoms with Crippen LogP contribution in [-0.2, 0) is 4.79 Å². The second-order valence-corrected chi connectivity index (χ2v) is 5.50. The Kier molecular flexibility index (Phi) is 3.97. The van der Waals surface area contributed by atoms with Gasteiger partial charge in [0, 0.05) is 5.69 Å². The van der Waals surface area contributed by atoms with Crippen molar-refractivity contribution in [2.24, 2.45) is 16.3 Å². The SMILES string of the molecule is Cc1cccc(C)c1NC(=O)C1(C(N)=NO)CCCC1. The maximum absolute atomic E-state index is 12.7. The molecule has 0 atom stereocenters. The Balaban J connectivity index is 2.31. The lowest BCUT2D eigenvalue weighted by atomic mass is 9.83. The Bertz CT molecular complexity index is 526. The van der Waals surface area contributed by atoms with Crippen LogP contribution in [0.1, 0.15) is 36.8 Å². The van der Waals surface area contributed by atoms with Crippen LogP contribution in [0.3, 0.4) is 0 Å². The molecule has 0 bridgehead atoms. The van der Waals surface area contributed by atoms with Crippen LogP contribution in [0.15, 0.2) is 23.4 Å². The summed E-state index contributed by atoms with van der Waals surface area (Å²) in [4.78, 5) is 12.7. The maximum Gasteiger partial charge on any atom is 0.238 e. The summed E-state index contributed by atoms with van der Waals surface area (Å²) in [6.07, 6.45) is 3.08. The number of hydrogen-bond donors (Lipinski definition) is 3. The summed E-state index contributed by atoms with van der Waals surface area (Å²) in [6, 6.07) is 5.86. The maximum atomic E-state index is 12.7. The van der Waals surface area contributed by atoms with Crippen molar-refractivity contribution < 1.29 is 10.0 Å². The van der Waals surface area contributed by atoms with Gasteiger partial charge >= 0.3 is 0 Å². The number of nitrogens with one attached hydrogen (secondary N) is 1. The lowest BCUT2D eigenvalue weighted by molar-refractivity contribution is -0.122. The number of amidine groups is 1. The topological polar surface area (TPSA) is 87.7 Å². The summed E-state index contributed by atoms with van der Waals surface area (Å²) in [5.74, 6) is -0.165. The van der Waals surface area contributed by atoms with Crippen molar-refractivity contribution in [3.8, 4) is 0 Å². The van der Waals surface area contributed by atoms with E-state index < -0.39 is 5.41 Å². The molecule has 0 radical (unpaired) electrons. The summed E-state index contributed by atoms with van der Waals surface area (Å²) in [5, 5.41) is 15.0. The molecule has 4 N–H and O–H groups in total. The quantitative estimate of drug-likeness (QED) is 0.343. The average Bonchev–Trinajstić information content (AvgIpc) is 2.92. The van der Waals surface area contributed by atoms with Crippen LogP contribution in [0.2, 0.25) is 0 Å². The van der Waals surface area contributed by atoms with E-state index in [1.165, 1.54) is 0 Å². The summed E-state index contributed by atoms with van der Waals surface area (Å²) in [7, 11) is 0. The van der Waals surface area contributed by atoms with Crippen LogP contribution in [0, 0.1) is 19.3 Å². The number of para-hydroxylation sites is 1. The van der Waals surface area contributed by atoms with Gasteiger partial charge in [0.1, 0.15) is 5.41 Å². The largest absolute Gasteiger partial charge is 0.409 e. The van der Waals surface area contributed by atoms with Gasteiger partial charge in [-0.3, -0.25) is 4.79 Å². The number of oxime groups is 1. The fourth-order valence-corrected chi connectivity index (χ4v) is 2.92. The first-order valence-corrected chi connectivity index (χ1v) is 6.87. The van der Waals surface area contributed by atoms with Gasteiger partial charge in [0.2, 0.25) is 5.91 Å². The highest BCUT2D eigenvalue weighted by molar-refractivity contribution is 6.12. The van der Waals surface area contributed by atoms with Gasteiger partial charge in [-0.1, -0.05) is 36.2 Å². The molecule has 0 aromatic heterocycles. The number of nitrogens with two attached hydrogens (primary N) is 1. The summed E-state index contributed by atoms with van der Waals surface area (Å²) < 4.78 is 0. The molecule has 1 aliphatic rings. The number of aryl methyl sites for hydroxylation is 2. The van der Waals surface area contributed by atoms with Crippen molar-refractivity contribution in [3.05, 3.63) is 29.3 Å². The minimum absolute atomic E-state index is 0.0127. The monoisotopic (exact) mass is 275 g/mol. The van der Waals surface area contributed by atoms with Crippen molar-refractivity contribution >= 4 is 17.4 Å². The molecule has 0 spiro atoms. The molecule has 2 rings (SSSR count). The average molecular weight is 275 g/mol. The third-order valence-electron chi connectivity index (χ3n) is 4.21. The van der Waals surface area contributed by atoms with E-state index in [4.69, 9.17) is 10.9 Å². The van der Waals surface area contributed by atoms with Crippen molar-refractivity contribution in [2.75, 3.05) is 5.32 Å². The number of hydrogen-bond acceptors (Lipinski definition) is 3. The second-order valence-electron chi connectivity index (χ2n) is 5.50. The third kappa shape index (κ3) is 2.35. The van der Waals surface area contributed by atoms with Crippen molar-refractivity contribution in [1.82, 2.24) is 0 Å². The first kappa shape index (κ1) is 14.4. The lowest BCUT2D eigenvalue weighted by Crippen LogP contribution is -2.45. The zero-order chi connectivity index (χ0) is 14.8. The predicted molar refractivity (Wildman–Crippen MR) is 78.9 cm³/mol. The van der Waals surface area contributed by atoms with Gasteiger partial charge in [0.05, 0.1) is 0 Å². The molecular formula is C15H21N3O2. The first-order valence-electron chi connectivity index (χ1n) is 6.87. The highest BCUT2D eigenvalue weighted by atomic mass is 16.4. The van der Waals surface area contributed by atoms with Crippen LogP contribution in [0.4, 0.5) is 5.69 Å². The molecule has 1 aliphatic carbocycles. The van der Waals surface area contributed by atoms with Gasteiger partial charge in [-0.05, 0) is 37.8 Å². The van der Waals surface area contributed by atoms with Crippen molar-refractivity contribution in [3.63, 3.8) is 0 Å². The molecule has 5 heteroatoms. The number of amides is 1. The molecule has 1 saturated carbocycles. The smallest absolute Gasteiger partial charge is 0.238 e. The van der Waals surface area contributed by atoms with E-state index >= 15 is 0 Å². The van der Waals surface area contributed by atoms with E-state index in [2.05, 4.69) is 10.5 Å². The molecule has 1 aromatic carbocycles. The van der Waals surface area contributed by atoms with Crippen molar-refractivity contribution in [2.45, 2.75) is 39.5 Å². The highest BCUT2D eigenvalue weighted by Gasteiger charge is 2.45. The number of carbonyl (C=O) groups is 1. The van der Waals surface area contributed by atoms with Gasteiger partial charge in [-0.15, -0.1) is 0 Å². The molecule has 0 saturated heterocycles. The molecule has 0 unspecified atom stereocenters. The van der Waals surface area contributed by atoms with Gasteiger partial charge in [0.15, 0.2) is 5.84 Å². The molecule has 0 aliphatic heterocycles. The normalized spacial score (nSPS) is 18.0. The number of rotatable bonds is 3. The molecular weight excluding hydrogens is 254 g/mol. The summed E-state index contributed by atoms with van der Waals surface area (Å²) in [5.41, 5.74) is 7.74. The number of nitrogens with zero attached hydrogens (tertiary/aromatic N) is 1. The molecule has 1 aromatic rings. The molecule has 108 valence electrons. The minimum Gasteiger partial charge on any atom is -0.409 e. The van der Waals surface area contributed by atoms with Crippen LogP contribution in [-0.4, -0.2) is 17.0 Å². The number of carbonyl (C=O) groups excluding carboxylic acids is 1. The Morgan fingerprint density at radius 1 is 1.30 bits per heavy atom. The number of benzene rings is 1. The predicted octanol–water partition coefficient (Wildman–Crippen LogP) is 2.55. The van der Waals surface area contributed by atoms with Gasteiger partial charge in [-0.2, -0.15) is 0 Å². The van der Waals surface area contributed by atoms with Crippen LogP contribution in [0.5, 0.6) is 0 Å².